The van der Waals surface area contributed by atoms with Crippen molar-refractivity contribution in [2.24, 2.45) is 0 Å². The summed E-state index contributed by atoms with van der Waals surface area (Å²) in [5, 5.41) is 0. The summed E-state index contributed by atoms with van der Waals surface area (Å²) >= 11 is 0. The van der Waals surface area contributed by atoms with Crippen LogP contribution in [0.1, 0.15) is 27.2 Å². The molecule has 2 unspecified atom stereocenters. The summed E-state index contributed by atoms with van der Waals surface area (Å²) in [6.45, 7) is 6.67. The van der Waals surface area contributed by atoms with Gasteiger partial charge in [-0.25, -0.2) is 17.9 Å². The highest BCUT2D eigenvalue weighted by molar-refractivity contribution is 7.89. The van der Waals surface area contributed by atoms with Crippen molar-refractivity contribution in [1.82, 2.24) is 9.62 Å². The number of esters is 1. The predicted octanol–water partition coefficient (Wildman–Crippen LogP) is 1.06. The van der Waals surface area contributed by atoms with Gasteiger partial charge in [-0.3, -0.25) is 4.90 Å². The maximum absolute atomic E-state index is 12.9. The second-order valence-electron chi connectivity index (χ2n) is 7.88. The van der Waals surface area contributed by atoms with Gasteiger partial charge in [0.1, 0.15) is 5.60 Å². The Morgan fingerprint density at radius 2 is 2.00 bits per heavy atom. The number of rotatable bonds is 7. The average Bonchev–Trinajstić information content (AvgIpc) is 3.10. The average molecular weight is 429 g/mol. The van der Waals surface area contributed by atoms with E-state index in [1.165, 1.54) is 12.1 Å². The number of sulfonamides is 1. The molecule has 2 fully saturated rings. The molecular formula is C19H28N2O7S. The molecule has 2 aliphatic rings. The molecule has 1 N–H and O–H groups in total. The topological polar surface area (TPSA) is 103 Å². The molecule has 1 aromatic rings. The van der Waals surface area contributed by atoms with Crippen LogP contribution < -0.4 is 4.72 Å². The first-order valence-corrected chi connectivity index (χ1v) is 11.0. The smallest absolute Gasteiger partial charge is 0.360 e. The zero-order valence-electron chi connectivity index (χ0n) is 16.9. The summed E-state index contributed by atoms with van der Waals surface area (Å²) in [6, 6.07) is 8.18. The Morgan fingerprint density at radius 3 is 2.69 bits per heavy atom. The van der Waals surface area contributed by atoms with Gasteiger partial charge < -0.3 is 18.9 Å². The molecule has 0 saturated carbocycles. The van der Waals surface area contributed by atoms with Crippen molar-refractivity contribution in [1.29, 1.82) is 0 Å². The first-order chi connectivity index (χ1) is 13.7. The van der Waals surface area contributed by atoms with Gasteiger partial charge in [-0.2, -0.15) is 0 Å². The van der Waals surface area contributed by atoms with E-state index in [0.717, 1.165) is 0 Å². The highest BCUT2D eigenvalue weighted by atomic mass is 32.2. The van der Waals surface area contributed by atoms with E-state index < -0.39 is 33.6 Å². The quantitative estimate of drug-likeness (QED) is 0.508. The molecule has 2 atom stereocenters. The van der Waals surface area contributed by atoms with Crippen LogP contribution in [0.2, 0.25) is 0 Å². The Labute approximate surface area is 171 Å². The molecule has 29 heavy (non-hydrogen) atoms. The van der Waals surface area contributed by atoms with Crippen LogP contribution in [-0.4, -0.2) is 69.9 Å². The van der Waals surface area contributed by atoms with Crippen LogP contribution in [0, 0.1) is 0 Å². The molecule has 0 spiro atoms. The Balaban J connectivity index is 1.63. The number of ether oxygens (including phenoxy) is 4. The first kappa shape index (κ1) is 22.1. The lowest BCUT2D eigenvalue weighted by Crippen LogP contribution is -2.66. The Kier molecular flexibility index (Phi) is 6.61. The van der Waals surface area contributed by atoms with E-state index in [4.69, 9.17) is 18.9 Å². The molecule has 2 saturated heterocycles. The van der Waals surface area contributed by atoms with Crippen LogP contribution in [0.5, 0.6) is 0 Å². The molecule has 10 heteroatoms. The van der Waals surface area contributed by atoms with Gasteiger partial charge in [0.25, 0.3) is 5.72 Å². The normalized spacial score (nSPS) is 25.6. The lowest BCUT2D eigenvalue weighted by atomic mass is 10.1. The third kappa shape index (κ3) is 4.96. The zero-order valence-corrected chi connectivity index (χ0v) is 17.7. The van der Waals surface area contributed by atoms with E-state index in [0.29, 0.717) is 26.1 Å². The fourth-order valence-corrected chi connectivity index (χ4v) is 4.37. The van der Waals surface area contributed by atoms with Gasteiger partial charge in [0.15, 0.2) is 6.79 Å². The molecule has 9 nitrogen and oxygen atoms in total. The Morgan fingerprint density at radius 1 is 1.28 bits per heavy atom. The summed E-state index contributed by atoms with van der Waals surface area (Å²) < 4.78 is 49.5. The van der Waals surface area contributed by atoms with Crippen molar-refractivity contribution in [2.45, 2.75) is 49.7 Å². The summed E-state index contributed by atoms with van der Waals surface area (Å²) in [5.74, 6) is -0.572. The number of hydrogen-bond donors (Lipinski definition) is 1. The number of fused-ring (bicyclic) bond motifs is 1. The van der Waals surface area contributed by atoms with E-state index in [2.05, 4.69) is 4.72 Å². The van der Waals surface area contributed by atoms with Gasteiger partial charge in [0, 0.05) is 19.6 Å². The van der Waals surface area contributed by atoms with Crippen LogP contribution in [-0.2, 0) is 33.8 Å². The van der Waals surface area contributed by atoms with Gasteiger partial charge in [0.2, 0.25) is 16.3 Å². The number of carbonyl (C=O) groups is 1. The van der Waals surface area contributed by atoms with Crippen molar-refractivity contribution < 1.29 is 32.2 Å². The van der Waals surface area contributed by atoms with Gasteiger partial charge in [-0.05, 0) is 39.3 Å². The molecule has 3 rings (SSSR count). The summed E-state index contributed by atoms with van der Waals surface area (Å²) in [6.07, 6.45) is -0.417. The Bertz CT molecular complexity index is 810. The van der Waals surface area contributed by atoms with Crippen LogP contribution in [0.25, 0.3) is 0 Å². The highest BCUT2D eigenvalue weighted by Gasteiger charge is 2.61. The minimum Gasteiger partial charge on any atom is -0.457 e. The number of nitrogens with one attached hydrogen (secondary N) is 1. The molecule has 2 aliphatic heterocycles. The predicted molar refractivity (Wildman–Crippen MR) is 103 cm³/mol. The molecule has 1 aromatic carbocycles. The second-order valence-corrected chi connectivity index (χ2v) is 9.65. The molecular weight excluding hydrogens is 400 g/mol. The minimum absolute atomic E-state index is 0.0823. The molecule has 162 valence electrons. The van der Waals surface area contributed by atoms with Crippen molar-refractivity contribution in [3.8, 4) is 0 Å². The minimum atomic E-state index is -3.58. The van der Waals surface area contributed by atoms with Crippen molar-refractivity contribution in [3.63, 3.8) is 0 Å². The second kappa shape index (κ2) is 8.66. The standard InChI is InChI=1S/C19H28N2O7S/c1-18(2,3)28-16(22)19-17(26-14-27-19)25-13-12-21(19)11-7-10-20-29(23,24)15-8-5-4-6-9-15/h4-6,8-9,17,20H,7,10-14H2,1-3H3. The number of benzene rings is 1. The first-order valence-electron chi connectivity index (χ1n) is 9.55. The van der Waals surface area contributed by atoms with E-state index in [1.54, 1.807) is 43.9 Å². The zero-order chi connectivity index (χ0) is 21.1. The lowest BCUT2D eigenvalue weighted by molar-refractivity contribution is -0.256. The SMILES string of the molecule is CC(C)(C)OC(=O)C12OCOC1OCCN2CCCNS(=O)(=O)c1ccccc1. The van der Waals surface area contributed by atoms with Crippen molar-refractivity contribution in [3.05, 3.63) is 30.3 Å². The number of hydrogen-bond acceptors (Lipinski definition) is 8. The van der Waals surface area contributed by atoms with Crippen LogP contribution in [0.4, 0.5) is 0 Å². The van der Waals surface area contributed by atoms with E-state index in [1.807, 2.05) is 0 Å². The molecule has 0 aromatic heterocycles. The van der Waals surface area contributed by atoms with Crippen LogP contribution in [0.3, 0.4) is 0 Å². The summed E-state index contributed by atoms with van der Waals surface area (Å²) in [5.41, 5.74) is -2.18. The molecule has 0 aliphatic carbocycles. The summed E-state index contributed by atoms with van der Waals surface area (Å²) in [7, 11) is -3.58. The summed E-state index contributed by atoms with van der Waals surface area (Å²) in [4.78, 5) is 15.0. The van der Waals surface area contributed by atoms with Gasteiger partial charge in [-0.1, -0.05) is 18.2 Å². The largest absolute Gasteiger partial charge is 0.457 e. The van der Waals surface area contributed by atoms with Gasteiger partial charge >= 0.3 is 5.97 Å². The third-order valence-electron chi connectivity index (χ3n) is 4.56. The fourth-order valence-electron chi connectivity index (χ4n) is 3.28. The van der Waals surface area contributed by atoms with Crippen LogP contribution >= 0.6 is 0 Å². The number of morpholine rings is 1. The molecule has 0 radical (unpaired) electrons. The monoisotopic (exact) mass is 428 g/mol. The van der Waals surface area contributed by atoms with Gasteiger partial charge in [0.05, 0.1) is 11.5 Å². The number of carbonyl (C=O) groups excluding carboxylic acids is 1. The molecule has 0 amide bonds. The van der Waals surface area contributed by atoms with Crippen LogP contribution in [0.15, 0.2) is 35.2 Å². The van der Waals surface area contributed by atoms with E-state index in [-0.39, 0.29) is 18.2 Å². The van der Waals surface area contributed by atoms with Crippen molar-refractivity contribution in [2.75, 3.05) is 33.0 Å². The van der Waals surface area contributed by atoms with Crippen molar-refractivity contribution >= 4 is 16.0 Å². The maximum atomic E-state index is 12.9. The van der Waals surface area contributed by atoms with E-state index >= 15 is 0 Å². The molecule has 0 bridgehead atoms. The van der Waals surface area contributed by atoms with Gasteiger partial charge in [-0.15, -0.1) is 0 Å². The third-order valence-corrected chi connectivity index (χ3v) is 6.04. The van der Waals surface area contributed by atoms with E-state index in [9.17, 15) is 13.2 Å². The fraction of sp³-hybridized carbons (Fsp3) is 0.632. The molecule has 2 heterocycles. The number of nitrogens with zero attached hydrogens (tertiary/aromatic N) is 1. The lowest BCUT2D eigenvalue weighted by Gasteiger charge is -2.44. The maximum Gasteiger partial charge on any atom is 0.360 e. The Hall–Kier alpha value is -1.56. The highest BCUT2D eigenvalue weighted by Crippen LogP contribution is 2.36.